The van der Waals surface area contributed by atoms with E-state index in [0.29, 0.717) is 11.5 Å². The highest BCUT2D eigenvalue weighted by molar-refractivity contribution is 6.23. The Hall–Kier alpha value is -7.24. The molecular weight excluding hydrogens is 651 g/mol. The SMILES string of the molecule is c1ccc2cc(-c3ccc(-c4nc(-n5c6ccccc6c6cc7c(ccc8oc9ccccc9c87)cc65)nc5c4oc4ccccc45)cc3)ccc2c1. The molecule has 0 amide bonds. The maximum atomic E-state index is 6.53. The van der Waals surface area contributed by atoms with Crippen molar-refractivity contribution in [3.8, 4) is 28.3 Å². The van der Waals surface area contributed by atoms with Gasteiger partial charge in [-0.1, -0.05) is 115 Å². The molecule has 5 nitrogen and oxygen atoms in total. The summed E-state index contributed by atoms with van der Waals surface area (Å²) in [5.74, 6) is 0.595. The maximum Gasteiger partial charge on any atom is 0.236 e. The highest BCUT2D eigenvalue weighted by Gasteiger charge is 2.22. The maximum absolute atomic E-state index is 6.53. The van der Waals surface area contributed by atoms with Gasteiger partial charge in [0.15, 0.2) is 5.58 Å². The van der Waals surface area contributed by atoms with E-state index in [1.165, 1.54) is 16.3 Å². The molecule has 0 fully saturated rings. The van der Waals surface area contributed by atoms with Crippen molar-refractivity contribution < 1.29 is 8.83 Å². The zero-order chi connectivity index (χ0) is 34.6. The molecule has 0 atom stereocenters. The van der Waals surface area contributed by atoms with Crippen molar-refractivity contribution in [3.63, 3.8) is 0 Å². The second kappa shape index (κ2) is 10.6. The van der Waals surface area contributed by atoms with Crippen molar-refractivity contribution >= 4 is 87.4 Å². The molecule has 0 aliphatic carbocycles. The van der Waals surface area contributed by atoms with Crippen LogP contribution in [0.25, 0.3) is 116 Å². The first kappa shape index (κ1) is 28.5. The molecule has 12 rings (SSSR count). The number of rotatable bonds is 3. The van der Waals surface area contributed by atoms with E-state index >= 15 is 0 Å². The Kier molecular flexibility index (Phi) is 5.71. The van der Waals surface area contributed by atoms with Gasteiger partial charge in [-0.15, -0.1) is 0 Å². The Labute approximate surface area is 302 Å². The molecule has 0 N–H and O–H groups in total. The summed E-state index contributed by atoms with van der Waals surface area (Å²) in [4.78, 5) is 10.7. The minimum atomic E-state index is 0.595. The van der Waals surface area contributed by atoms with Crippen LogP contribution in [-0.2, 0) is 0 Å². The zero-order valence-corrected chi connectivity index (χ0v) is 28.2. The van der Waals surface area contributed by atoms with Gasteiger partial charge < -0.3 is 8.83 Å². The predicted molar refractivity (Wildman–Crippen MR) is 217 cm³/mol. The van der Waals surface area contributed by atoms with Gasteiger partial charge in [-0.25, -0.2) is 9.97 Å². The van der Waals surface area contributed by atoms with Gasteiger partial charge in [0, 0.05) is 32.5 Å². The number of benzene rings is 8. The van der Waals surface area contributed by atoms with Gasteiger partial charge in [-0.2, -0.15) is 0 Å². The quantitative estimate of drug-likeness (QED) is 0.187. The summed E-state index contributed by atoms with van der Waals surface area (Å²) in [6.07, 6.45) is 0. The first-order valence-electron chi connectivity index (χ1n) is 17.8. The summed E-state index contributed by atoms with van der Waals surface area (Å²) in [5.41, 5.74) is 10.1. The Morgan fingerprint density at radius 3 is 1.94 bits per heavy atom. The minimum Gasteiger partial charge on any atom is -0.456 e. The van der Waals surface area contributed by atoms with Crippen LogP contribution < -0.4 is 0 Å². The first-order valence-corrected chi connectivity index (χ1v) is 17.8. The summed E-state index contributed by atoms with van der Waals surface area (Å²) in [6, 6.07) is 57.4. The van der Waals surface area contributed by atoms with Gasteiger partial charge in [0.2, 0.25) is 5.95 Å². The molecule has 0 radical (unpaired) electrons. The monoisotopic (exact) mass is 677 g/mol. The smallest absolute Gasteiger partial charge is 0.236 e. The largest absolute Gasteiger partial charge is 0.456 e. The molecule has 246 valence electrons. The van der Waals surface area contributed by atoms with E-state index < -0.39 is 0 Å². The molecular formula is C48H27N3O2. The lowest BCUT2D eigenvalue weighted by Gasteiger charge is -2.11. The lowest BCUT2D eigenvalue weighted by molar-refractivity contribution is 0.666. The number of aromatic nitrogens is 3. The third kappa shape index (κ3) is 4.13. The fourth-order valence-corrected chi connectivity index (χ4v) is 8.29. The van der Waals surface area contributed by atoms with Crippen molar-refractivity contribution in [1.82, 2.24) is 14.5 Å². The van der Waals surface area contributed by atoms with Gasteiger partial charge in [0.1, 0.15) is 28.0 Å². The molecule has 4 aromatic heterocycles. The van der Waals surface area contributed by atoms with Crippen molar-refractivity contribution in [2.24, 2.45) is 0 Å². The average molecular weight is 678 g/mol. The van der Waals surface area contributed by atoms with Crippen molar-refractivity contribution in [2.45, 2.75) is 0 Å². The molecule has 4 heterocycles. The number of fused-ring (bicyclic) bond motifs is 12. The summed E-state index contributed by atoms with van der Waals surface area (Å²) in [5, 5.41) is 10.2. The Morgan fingerprint density at radius 1 is 0.396 bits per heavy atom. The predicted octanol–water partition coefficient (Wildman–Crippen LogP) is 13.0. The lowest BCUT2D eigenvalue weighted by Crippen LogP contribution is -2.03. The van der Waals surface area contributed by atoms with Crippen molar-refractivity contribution in [1.29, 1.82) is 0 Å². The Morgan fingerprint density at radius 2 is 1.08 bits per heavy atom. The third-order valence-corrected chi connectivity index (χ3v) is 10.8. The molecule has 8 aromatic carbocycles. The molecule has 0 spiro atoms. The minimum absolute atomic E-state index is 0.595. The molecule has 5 heteroatoms. The first-order chi connectivity index (χ1) is 26.2. The van der Waals surface area contributed by atoms with E-state index in [-0.39, 0.29) is 0 Å². The summed E-state index contributed by atoms with van der Waals surface area (Å²) in [6.45, 7) is 0. The summed E-state index contributed by atoms with van der Waals surface area (Å²) < 4.78 is 15.0. The van der Waals surface area contributed by atoms with Crippen LogP contribution in [0.2, 0.25) is 0 Å². The summed E-state index contributed by atoms with van der Waals surface area (Å²) in [7, 11) is 0. The van der Waals surface area contributed by atoms with Crippen LogP contribution in [0.3, 0.4) is 0 Å². The van der Waals surface area contributed by atoms with Crippen LogP contribution in [-0.4, -0.2) is 14.5 Å². The van der Waals surface area contributed by atoms with Crippen molar-refractivity contribution in [2.75, 3.05) is 0 Å². The third-order valence-electron chi connectivity index (χ3n) is 10.8. The molecule has 0 saturated carbocycles. The summed E-state index contributed by atoms with van der Waals surface area (Å²) >= 11 is 0. The Balaban J connectivity index is 1.11. The number of furan rings is 2. The number of nitrogens with zero attached hydrogens (tertiary/aromatic N) is 3. The number of para-hydroxylation sites is 3. The van der Waals surface area contributed by atoms with E-state index in [1.807, 2.05) is 30.3 Å². The van der Waals surface area contributed by atoms with Gasteiger partial charge in [-0.3, -0.25) is 4.57 Å². The zero-order valence-electron chi connectivity index (χ0n) is 28.2. The topological polar surface area (TPSA) is 57.0 Å². The van der Waals surface area contributed by atoms with Crippen LogP contribution in [0.1, 0.15) is 0 Å². The van der Waals surface area contributed by atoms with Gasteiger partial charge >= 0.3 is 0 Å². The molecule has 12 aromatic rings. The van der Waals surface area contributed by atoms with Crippen LogP contribution in [0.4, 0.5) is 0 Å². The highest BCUT2D eigenvalue weighted by Crippen LogP contribution is 2.41. The van der Waals surface area contributed by atoms with Crippen LogP contribution in [0.15, 0.2) is 173 Å². The average Bonchev–Trinajstić information content (AvgIpc) is 3.89. The molecule has 0 unspecified atom stereocenters. The van der Waals surface area contributed by atoms with E-state index in [9.17, 15) is 0 Å². The Bertz CT molecular complexity index is 3460. The normalized spacial score (nSPS) is 12.2. The molecule has 53 heavy (non-hydrogen) atoms. The van der Waals surface area contributed by atoms with E-state index in [0.717, 1.165) is 87.8 Å². The van der Waals surface area contributed by atoms with Crippen LogP contribution in [0.5, 0.6) is 0 Å². The second-order valence-corrected chi connectivity index (χ2v) is 13.8. The number of hydrogen-bond acceptors (Lipinski definition) is 4. The fourth-order valence-electron chi connectivity index (χ4n) is 8.29. The van der Waals surface area contributed by atoms with E-state index in [1.54, 1.807) is 0 Å². The number of hydrogen-bond donors (Lipinski definition) is 0. The fraction of sp³-hybridized carbons (Fsp3) is 0. The van der Waals surface area contributed by atoms with Crippen molar-refractivity contribution in [3.05, 3.63) is 164 Å². The molecule has 0 aliphatic heterocycles. The molecule has 0 bridgehead atoms. The highest BCUT2D eigenvalue weighted by atomic mass is 16.3. The van der Waals surface area contributed by atoms with Gasteiger partial charge in [0.05, 0.1) is 11.0 Å². The van der Waals surface area contributed by atoms with Gasteiger partial charge in [0.25, 0.3) is 0 Å². The standard InChI is InChI=1S/C48H27N3O2/c1-2-10-31-25-32(22-19-28(31)9-1)29-17-20-30(21-18-29)45-47-46(36-13-5-8-16-42(36)53-47)50-48(49-45)51-39-14-6-3-11-34(39)38-27-37-33(26-40(38)51)23-24-43-44(37)35-12-4-7-15-41(35)52-43/h1-27H. The van der Waals surface area contributed by atoms with Crippen LogP contribution in [0, 0.1) is 0 Å². The van der Waals surface area contributed by atoms with Gasteiger partial charge in [-0.05, 0) is 81.2 Å². The second-order valence-electron chi connectivity index (χ2n) is 13.8. The van der Waals surface area contributed by atoms with E-state index in [4.69, 9.17) is 18.8 Å². The molecule has 0 aliphatic rings. The lowest BCUT2D eigenvalue weighted by atomic mass is 9.99. The van der Waals surface area contributed by atoms with Crippen LogP contribution >= 0.6 is 0 Å². The molecule has 0 saturated heterocycles. The van der Waals surface area contributed by atoms with E-state index in [2.05, 4.69) is 138 Å².